The van der Waals surface area contributed by atoms with Crippen molar-refractivity contribution in [3.05, 3.63) is 59.2 Å². The molecule has 0 saturated carbocycles. The highest BCUT2D eigenvalue weighted by molar-refractivity contribution is 5.82. The van der Waals surface area contributed by atoms with Gasteiger partial charge in [0.2, 0.25) is 5.91 Å². The van der Waals surface area contributed by atoms with E-state index < -0.39 is 0 Å². The molecule has 1 aliphatic rings. The van der Waals surface area contributed by atoms with Gasteiger partial charge in [0.15, 0.2) is 0 Å². The van der Waals surface area contributed by atoms with Crippen LogP contribution in [0, 0.1) is 6.92 Å². The number of hydrogen-bond acceptors (Lipinski definition) is 4. The second-order valence-electron chi connectivity index (χ2n) is 5.22. The third-order valence-corrected chi connectivity index (χ3v) is 3.68. The Bertz CT molecular complexity index is 656. The van der Waals surface area contributed by atoms with Gasteiger partial charge in [0, 0.05) is 12.7 Å². The zero-order chi connectivity index (χ0) is 14.7. The van der Waals surface area contributed by atoms with E-state index in [-0.39, 0.29) is 11.9 Å². The van der Waals surface area contributed by atoms with Gasteiger partial charge in [-0.15, -0.1) is 0 Å². The number of carbonyl (C=O) groups is 1. The van der Waals surface area contributed by atoms with Crippen LogP contribution in [-0.4, -0.2) is 21.9 Å². The first kappa shape index (κ1) is 13.7. The van der Waals surface area contributed by atoms with E-state index in [0.29, 0.717) is 12.4 Å². The van der Waals surface area contributed by atoms with Crippen LogP contribution in [0.4, 0.5) is 0 Å². The molecule has 1 aliphatic heterocycles. The highest BCUT2D eigenvalue weighted by Crippen LogP contribution is 2.16. The van der Waals surface area contributed by atoms with Crippen molar-refractivity contribution in [2.45, 2.75) is 32.5 Å². The molecule has 1 aromatic heterocycles. The number of nitrogens with zero attached hydrogens (tertiary/aromatic N) is 2. The van der Waals surface area contributed by atoms with Gasteiger partial charge < -0.3 is 10.6 Å². The van der Waals surface area contributed by atoms with Gasteiger partial charge in [0.25, 0.3) is 0 Å². The lowest BCUT2D eigenvalue weighted by Crippen LogP contribution is -2.47. The van der Waals surface area contributed by atoms with Gasteiger partial charge in [-0.25, -0.2) is 9.97 Å². The lowest BCUT2D eigenvalue weighted by Gasteiger charge is -2.25. The quantitative estimate of drug-likeness (QED) is 0.885. The number of aromatic nitrogens is 2. The van der Waals surface area contributed by atoms with Crippen LogP contribution in [0.2, 0.25) is 0 Å². The SMILES string of the molecule is Cc1nccc(CNC(=O)[C@@H]2Cc3ccccc3CN2)n1. The van der Waals surface area contributed by atoms with Crippen molar-refractivity contribution in [2.75, 3.05) is 0 Å². The van der Waals surface area contributed by atoms with Crippen LogP contribution in [0.15, 0.2) is 36.5 Å². The van der Waals surface area contributed by atoms with Crippen molar-refractivity contribution in [1.82, 2.24) is 20.6 Å². The van der Waals surface area contributed by atoms with E-state index in [4.69, 9.17) is 0 Å². The average Bonchev–Trinajstić information content (AvgIpc) is 2.52. The highest BCUT2D eigenvalue weighted by atomic mass is 16.2. The molecule has 0 radical (unpaired) electrons. The summed E-state index contributed by atoms with van der Waals surface area (Å²) in [6, 6.07) is 9.87. The fourth-order valence-electron chi connectivity index (χ4n) is 2.54. The Kier molecular flexibility index (Phi) is 3.92. The number of carbonyl (C=O) groups excluding carboxylic acids is 1. The predicted octanol–water partition coefficient (Wildman–Crippen LogP) is 1.12. The van der Waals surface area contributed by atoms with E-state index in [1.165, 1.54) is 11.1 Å². The van der Waals surface area contributed by atoms with Gasteiger partial charge in [-0.1, -0.05) is 24.3 Å². The van der Waals surface area contributed by atoms with Crippen LogP contribution in [0.3, 0.4) is 0 Å². The highest BCUT2D eigenvalue weighted by Gasteiger charge is 2.23. The minimum absolute atomic E-state index is 0.0146. The molecule has 5 heteroatoms. The van der Waals surface area contributed by atoms with Crippen LogP contribution in [0.1, 0.15) is 22.6 Å². The van der Waals surface area contributed by atoms with Crippen molar-refractivity contribution in [2.24, 2.45) is 0 Å². The van der Waals surface area contributed by atoms with E-state index >= 15 is 0 Å². The van der Waals surface area contributed by atoms with E-state index in [1.807, 2.05) is 25.1 Å². The third kappa shape index (κ3) is 3.25. The summed E-state index contributed by atoms with van der Waals surface area (Å²) >= 11 is 0. The molecule has 2 N–H and O–H groups in total. The second kappa shape index (κ2) is 6.01. The normalized spacial score (nSPS) is 17.1. The van der Waals surface area contributed by atoms with Crippen LogP contribution >= 0.6 is 0 Å². The summed E-state index contributed by atoms with van der Waals surface area (Å²) in [5.74, 6) is 0.729. The molecule has 5 nitrogen and oxygen atoms in total. The standard InChI is InChI=1S/C16H18N4O/c1-11-17-7-6-14(20-11)10-19-16(21)15-8-12-4-2-3-5-13(12)9-18-15/h2-7,15,18H,8-10H2,1H3,(H,19,21)/t15-/m0/s1. The molecule has 0 spiro atoms. The van der Waals surface area contributed by atoms with Gasteiger partial charge >= 0.3 is 0 Å². The molecule has 1 aromatic carbocycles. The first-order valence-corrected chi connectivity index (χ1v) is 7.09. The summed E-state index contributed by atoms with van der Waals surface area (Å²) in [6.45, 7) is 3.01. The molecule has 2 aromatic rings. The van der Waals surface area contributed by atoms with Crippen LogP contribution < -0.4 is 10.6 Å². The second-order valence-corrected chi connectivity index (χ2v) is 5.22. The summed E-state index contributed by atoms with van der Waals surface area (Å²) in [4.78, 5) is 20.6. The monoisotopic (exact) mass is 282 g/mol. The maximum Gasteiger partial charge on any atom is 0.237 e. The number of fused-ring (bicyclic) bond motifs is 1. The van der Waals surface area contributed by atoms with Gasteiger partial charge in [0.05, 0.1) is 18.3 Å². The van der Waals surface area contributed by atoms with Crippen molar-refractivity contribution in [3.8, 4) is 0 Å². The van der Waals surface area contributed by atoms with E-state index in [1.54, 1.807) is 6.20 Å². The molecule has 108 valence electrons. The number of hydrogen-bond donors (Lipinski definition) is 2. The molecule has 21 heavy (non-hydrogen) atoms. The fraction of sp³-hybridized carbons (Fsp3) is 0.312. The lowest BCUT2D eigenvalue weighted by atomic mass is 9.95. The average molecular weight is 282 g/mol. The fourth-order valence-corrected chi connectivity index (χ4v) is 2.54. The Balaban J connectivity index is 1.59. The maximum absolute atomic E-state index is 12.2. The molecule has 3 rings (SSSR count). The summed E-state index contributed by atoms with van der Waals surface area (Å²) in [5.41, 5.74) is 3.34. The largest absolute Gasteiger partial charge is 0.349 e. The van der Waals surface area contributed by atoms with Gasteiger partial charge in [-0.05, 0) is 30.5 Å². The Morgan fingerprint density at radius 1 is 1.33 bits per heavy atom. The summed E-state index contributed by atoms with van der Waals surface area (Å²) < 4.78 is 0. The first-order chi connectivity index (χ1) is 10.2. The third-order valence-electron chi connectivity index (χ3n) is 3.68. The molecular weight excluding hydrogens is 264 g/mol. The predicted molar refractivity (Wildman–Crippen MR) is 79.4 cm³/mol. The summed E-state index contributed by atoms with van der Waals surface area (Å²) in [5, 5.41) is 6.21. The van der Waals surface area contributed by atoms with E-state index in [9.17, 15) is 4.79 Å². The zero-order valence-corrected chi connectivity index (χ0v) is 12.0. The number of benzene rings is 1. The lowest BCUT2D eigenvalue weighted by molar-refractivity contribution is -0.123. The van der Waals surface area contributed by atoms with Gasteiger partial charge in [-0.2, -0.15) is 0 Å². The van der Waals surface area contributed by atoms with Gasteiger partial charge in [0.1, 0.15) is 5.82 Å². The van der Waals surface area contributed by atoms with Crippen molar-refractivity contribution in [1.29, 1.82) is 0 Å². The first-order valence-electron chi connectivity index (χ1n) is 7.09. The smallest absolute Gasteiger partial charge is 0.237 e. The number of aryl methyl sites for hydroxylation is 1. The van der Waals surface area contributed by atoms with Crippen molar-refractivity contribution in [3.63, 3.8) is 0 Å². The summed E-state index contributed by atoms with van der Waals surface area (Å²) in [7, 11) is 0. The molecule has 0 saturated heterocycles. The minimum atomic E-state index is -0.178. The zero-order valence-electron chi connectivity index (χ0n) is 12.0. The summed E-state index contributed by atoms with van der Waals surface area (Å²) in [6.07, 6.45) is 2.43. The van der Waals surface area contributed by atoms with Crippen LogP contribution in [0.25, 0.3) is 0 Å². The molecule has 1 amide bonds. The molecule has 0 aliphatic carbocycles. The Morgan fingerprint density at radius 2 is 2.14 bits per heavy atom. The molecule has 0 bridgehead atoms. The number of rotatable bonds is 3. The van der Waals surface area contributed by atoms with Crippen LogP contribution in [0.5, 0.6) is 0 Å². The number of nitrogens with one attached hydrogen (secondary N) is 2. The van der Waals surface area contributed by atoms with Crippen molar-refractivity contribution < 1.29 is 4.79 Å². The molecule has 2 heterocycles. The molecule has 0 unspecified atom stereocenters. The van der Waals surface area contributed by atoms with Gasteiger partial charge in [-0.3, -0.25) is 4.79 Å². The molecule has 0 fully saturated rings. The Hall–Kier alpha value is -2.27. The van der Waals surface area contributed by atoms with Crippen molar-refractivity contribution >= 4 is 5.91 Å². The molecular formula is C16H18N4O. The Labute approximate surface area is 123 Å². The topological polar surface area (TPSA) is 66.9 Å². The van der Waals surface area contributed by atoms with E-state index in [2.05, 4.69) is 32.7 Å². The Morgan fingerprint density at radius 3 is 2.95 bits per heavy atom. The van der Waals surface area contributed by atoms with E-state index in [0.717, 1.165) is 18.7 Å². The number of amides is 1. The minimum Gasteiger partial charge on any atom is -0.349 e. The maximum atomic E-state index is 12.2. The molecule has 1 atom stereocenters. The van der Waals surface area contributed by atoms with Crippen LogP contribution in [-0.2, 0) is 24.3 Å².